The number of fused-ring (bicyclic) bond motifs is 1. The molecule has 0 saturated carbocycles. The van der Waals surface area contributed by atoms with Gasteiger partial charge in [0.2, 0.25) is 0 Å². The van der Waals surface area contributed by atoms with Gasteiger partial charge in [0.15, 0.2) is 0 Å². The van der Waals surface area contributed by atoms with E-state index >= 15 is 0 Å². The van der Waals surface area contributed by atoms with Gasteiger partial charge in [-0.2, -0.15) is 0 Å². The normalized spacial score (nSPS) is 10.9. The van der Waals surface area contributed by atoms with Gasteiger partial charge in [0.1, 0.15) is 40.7 Å². The average Bonchev–Trinajstić information content (AvgIpc) is 3.39. The Bertz CT molecular complexity index is 1520. The molecular weight excluding hydrogens is 466 g/mol. The predicted molar refractivity (Wildman–Crippen MR) is 137 cm³/mol. The number of aromatic amines is 1. The van der Waals surface area contributed by atoms with Gasteiger partial charge >= 0.3 is 0 Å². The first-order valence-corrected chi connectivity index (χ1v) is 11.1. The SMILES string of the molecule is COc1cc(OC)c2ncnc(Nc3ccc(Cl)c(-c4ncc(-c5ccccc5OC)[nH]4)c3)c2c1. The number of halogens is 1. The van der Waals surface area contributed by atoms with E-state index in [1.807, 2.05) is 48.5 Å². The number of imidazole rings is 1. The fraction of sp³-hybridized carbons (Fsp3) is 0.115. The Labute approximate surface area is 206 Å². The Morgan fingerprint density at radius 3 is 2.46 bits per heavy atom. The van der Waals surface area contributed by atoms with Crippen LogP contribution in [0.4, 0.5) is 11.5 Å². The van der Waals surface area contributed by atoms with Gasteiger partial charge in [-0.3, -0.25) is 0 Å². The van der Waals surface area contributed by atoms with E-state index in [1.54, 1.807) is 33.6 Å². The lowest BCUT2D eigenvalue weighted by Gasteiger charge is -2.13. The van der Waals surface area contributed by atoms with E-state index in [1.165, 1.54) is 6.33 Å². The summed E-state index contributed by atoms with van der Waals surface area (Å²) in [6.45, 7) is 0. The molecule has 0 aliphatic heterocycles. The van der Waals surface area contributed by atoms with Crippen LogP contribution in [0, 0.1) is 0 Å². The molecule has 0 spiro atoms. The lowest BCUT2D eigenvalue weighted by atomic mass is 10.1. The van der Waals surface area contributed by atoms with E-state index in [2.05, 4.69) is 25.3 Å². The fourth-order valence-corrected chi connectivity index (χ4v) is 4.07. The van der Waals surface area contributed by atoms with Crippen molar-refractivity contribution in [2.75, 3.05) is 26.6 Å². The highest BCUT2D eigenvalue weighted by Gasteiger charge is 2.15. The van der Waals surface area contributed by atoms with Crippen molar-refractivity contribution < 1.29 is 14.2 Å². The standard InChI is InChI=1S/C26H22ClN5O3/c1-33-16-11-19-24(23(12-16)35-3)29-14-30-26(19)31-15-8-9-20(27)18(10-15)25-28-13-21(32-25)17-6-4-5-7-22(17)34-2/h4-14H,1-3H3,(H,28,32)(H,29,30,31). The Kier molecular flexibility index (Phi) is 6.12. The largest absolute Gasteiger partial charge is 0.497 e. The van der Waals surface area contributed by atoms with Crippen LogP contribution in [0.25, 0.3) is 33.5 Å². The van der Waals surface area contributed by atoms with Gasteiger partial charge in [-0.1, -0.05) is 23.7 Å². The number of H-pyrrole nitrogens is 1. The number of para-hydroxylation sites is 1. The lowest BCUT2D eigenvalue weighted by Crippen LogP contribution is -1.99. The number of ether oxygens (including phenoxy) is 3. The summed E-state index contributed by atoms with van der Waals surface area (Å²) in [4.78, 5) is 16.7. The van der Waals surface area contributed by atoms with Gasteiger partial charge in [0, 0.05) is 22.9 Å². The average molecular weight is 488 g/mol. The van der Waals surface area contributed by atoms with Crippen molar-refractivity contribution in [3.05, 3.63) is 72.1 Å². The van der Waals surface area contributed by atoms with Crippen LogP contribution in [0.15, 0.2) is 67.1 Å². The molecule has 2 N–H and O–H groups in total. The van der Waals surface area contributed by atoms with Crippen LogP contribution in [0.1, 0.15) is 0 Å². The highest BCUT2D eigenvalue weighted by molar-refractivity contribution is 6.33. The zero-order chi connectivity index (χ0) is 24.4. The van der Waals surface area contributed by atoms with Gasteiger partial charge in [-0.15, -0.1) is 0 Å². The summed E-state index contributed by atoms with van der Waals surface area (Å²) < 4.78 is 16.4. The topological polar surface area (TPSA) is 94.2 Å². The number of methoxy groups -OCH3 is 3. The minimum atomic E-state index is 0.562. The van der Waals surface area contributed by atoms with Crippen molar-refractivity contribution in [2.45, 2.75) is 0 Å². The van der Waals surface area contributed by atoms with Crippen LogP contribution in [0.2, 0.25) is 5.02 Å². The van der Waals surface area contributed by atoms with Crippen molar-refractivity contribution >= 4 is 34.0 Å². The van der Waals surface area contributed by atoms with Gasteiger partial charge in [-0.05, 0) is 36.4 Å². The van der Waals surface area contributed by atoms with Crippen LogP contribution in [0.3, 0.4) is 0 Å². The molecule has 176 valence electrons. The molecule has 2 heterocycles. The molecule has 9 heteroatoms. The molecule has 0 saturated heterocycles. The number of rotatable bonds is 7. The van der Waals surface area contributed by atoms with Crippen LogP contribution in [-0.4, -0.2) is 41.3 Å². The van der Waals surface area contributed by atoms with Crippen LogP contribution >= 0.6 is 11.6 Å². The summed E-state index contributed by atoms with van der Waals surface area (Å²) >= 11 is 6.55. The third kappa shape index (κ3) is 4.31. The van der Waals surface area contributed by atoms with Crippen molar-refractivity contribution in [3.63, 3.8) is 0 Å². The summed E-state index contributed by atoms with van der Waals surface area (Å²) in [5.41, 5.74) is 3.93. The van der Waals surface area contributed by atoms with Crippen molar-refractivity contribution in [1.29, 1.82) is 0 Å². The highest BCUT2D eigenvalue weighted by atomic mass is 35.5. The minimum Gasteiger partial charge on any atom is -0.497 e. The molecule has 0 fully saturated rings. The Morgan fingerprint density at radius 2 is 1.66 bits per heavy atom. The quantitative estimate of drug-likeness (QED) is 0.286. The first-order chi connectivity index (χ1) is 17.1. The fourth-order valence-electron chi connectivity index (χ4n) is 3.87. The number of benzene rings is 3. The maximum absolute atomic E-state index is 6.55. The lowest BCUT2D eigenvalue weighted by molar-refractivity contribution is 0.397. The highest BCUT2D eigenvalue weighted by Crippen LogP contribution is 2.36. The van der Waals surface area contributed by atoms with Crippen molar-refractivity contribution in [1.82, 2.24) is 19.9 Å². The third-order valence-electron chi connectivity index (χ3n) is 5.59. The number of nitrogens with zero attached hydrogens (tertiary/aromatic N) is 3. The molecule has 35 heavy (non-hydrogen) atoms. The second kappa shape index (κ2) is 9.52. The van der Waals surface area contributed by atoms with Gasteiger partial charge in [0.05, 0.1) is 43.6 Å². The maximum Gasteiger partial charge on any atom is 0.148 e. The van der Waals surface area contributed by atoms with Gasteiger partial charge in [-0.25, -0.2) is 15.0 Å². The monoisotopic (exact) mass is 487 g/mol. The maximum atomic E-state index is 6.55. The third-order valence-corrected chi connectivity index (χ3v) is 5.92. The second-order valence-electron chi connectivity index (χ2n) is 7.61. The van der Waals surface area contributed by atoms with Crippen LogP contribution in [-0.2, 0) is 0 Å². The molecule has 0 bridgehead atoms. The van der Waals surface area contributed by atoms with E-state index in [9.17, 15) is 0 Å². The Hall–Kier alpha value is -4.30. The Balaban J connectivity index is 1.52. The van der Waals surface area contributed by atoms with Crippen LogP contribution < -0.4 is 19.5 Å². The molecule has 5 rings (SSSR count). The number of hydrogen-bond acceptors (Lipinski definition) is 7. The van der Waals surface area contributed by atoms with E-state index in [0.29, 0.717) is 33.7 Å². The summed E-state index contributed by atoms with van der Waals surface area (Å²) in [5, 5.41) is 4.68. The molecule has 0 aliphatic rings. The zero-order valence-corrected chi connectivity index (χ0v) is 20.1. The van der Waals surface area contributed by atoms with E-state index in [4.69, 9.17) is 25.8 Å². The van der Waals surface area contributed by atoms with Crippen molar-refractivity contribution in [2.24, 2.45) is 0 Å². The van der Waals surface area contributed by atoms with Gasteiger partial charge < -0.3 is 24.5 Å². The molecule has 3 aromatic carbocycles. The first-order valence-electron chi connectivity index (χ1n) is 10.7. The number of aromatic nitrogens is 4. The molecule has 0 radical (unpaired) electrons. The Morgan fingerprint density at radius 1 is 0.829 bits per heavy atom. The predicted octanol–water partition coefficient (Wildman–Crippen LogP) is 6.11. The zero-order valence-electron chi connectivity index (χ0n) is 19.3. The molecule has 0 atom stereocenters. The molecule has 5 aromatic rings. The van der Waals surface area contributed by atoms with Gasteiger partial charge in [0.25, 0.3) is 0 Å². The molecule has 0 aliphatic carbocycles. The van der Waals surface area contributed by atoms with E-state index in [0.717, 1.165) is 33.6 Å². The molecular formula is C26H22ClN5O3. The summed E-state index contributed by atoms with van der Waals surface area (Å²) in [5.74, 6) is 3.24. The summed E-state index contributed by atoms with van der Waals surface area (Å²) in [6.07, 6.45) is 3.25. The second-order valence-corrected chi connectivity index (χ2v) is 8.02. The molecule has 0 amide bonds. The van der Waals surface area contributed by atoms with E-state index in [-0.39, 0.29) is 0 Å². The summed E-state index contributed by atoms with van der Waals surface area (Å²) in [6, 6.07) is 17.0. The number of anilines is 2. The number of nitrogens with one attached hydrogen (secondary N) is 2. The van der Waals surface area contributed by atoms with E-state index < -0.39 is 0 Å². The summed E-state index contributed by atoms with van der Waals surface area (Å²) in [7, 11) is 4.84. The van der Waals surface area contributed by atoms with Crippen molar-refractivity contribution in [3.8, 4) is 39.9 Å². The van der Waals surface area contributed by atoms with Crippen LogP contribution in [0.5, 0.6) is 17.2 Å². The molecule has 0 unspecified atom stereocenters. The smallest absolute Gasteiger partial charge is 0.148 e. The minimum absolute atomic E-state index is 0.562. The molecule has 2 aromatic heterocycles. The molecule has 8 nitrogen and oxygen atoms in total. The number of hydrogen-bond donors (Lipinski definition) is 2. The first kappa shape index (κ1) is 22.5.